The Hall–Kier alpha value is -4.38. The molecule has 0 bridgehead atoms. The molecule has 0 spiro atoms. The first-order valence-electron chi connectivity index (χ1n) is 10.8. The maximum atomic E-state index is 12.8. The van der Waals surface area contributed by atoms with Crippen LogP contribution in [0.25, 0.3) is 5.69 Å². The van der Waals surface area contributed by atoms with Gasteiger partial charge in [-0.25, -0.2) is 18.1 Å². The quantitative estimate of drug-likeness (QED) is 0.423. The molecule has 1 aliphatic rings. The topological polar surface area (TPSA) is 124 Å². The highest BCUT2D eigenvalue weighted by molar-refractivity contribution is 7.92. The number of hydrogen-bond acceptors (Lipinski definition) is 7. The summed E-state index contributed by atoms with van der Waals surface area (Å²) in [5.74, 6) is 0.628. The molecule has 1 amide bonds. The molecule has 2 N–H and O–H groups in total. The number of ether oxygens (including phenoxy) is 2. The standard InChI is InChI=1S/C24H21N5O5S/c30-24(17-2-8-20(9-3-17)29-16-25-15-26-29)27-18-4-6-19(7-5-18)28-35(31,32)21-10-11-22-23(14-21)34-13-1-12-33-22/h2-11,14-16,28H,1,12-13H2,(H,27,30). The Morgan fingerprint density at radius 2 is 1.60 bits per heavy atom. The second-order valence-corrected chi connectivity index (χ2v) is 9.37. The average Bonchev–Trinajstić information content (AvgIpc) is 3.30. The number of nitrogens with zero attached hydrogens (tertiary/aromatic N) is 3. The molecular weight excluding hydrogens is 470 g/mol. The summed E-state index contributed by atoms with van der Waals surface area (Å²) in [4.78, 5) is 16.5. The Bertz CT molecular complexity index is 1440. The Balaban J connectivity index is 1.24. The molecule has 4 aromatic rings. The van der Waals surface area contributed by atoms with Gasteiger partial charge in [-0.3, -0.25) is 9.52 Å². The van der Waals surface area contributed by atoms with E-state index in [0.717, 1.165) is 12.1 Å². The maximum absolute atomic E-state index is 12.8. The highest BCUT2D eigenvalue weighted by Crippen LogP contribution is 2.32. The minimum Gasteiger partial charge on any atom is -0.490 e. The minimum absolute atomic E-state index is 0.0634. The van der Waals surface area contributed by atoms with Gasteiger partial charge in [0.25, 0.3) is 15.9 Å². The zero-order valence-corrected chi connectivity index (χ0v) is 19.2. The Morgan fingerprint density at radius 1 is 0.886 bits per heavy atom. The van der Waals surface area contributed by atoms with Crippen molar-refractivity contribution in [1.29, 1.82) is 0 Å². The van der Waals surface area contributed by atoms with E-state index in [4.69, 9.17) is 9.47 Å². The Labute approximate surface area is 201 Å². The smallest absolute Gasteiger partial charge is 0.262 e. The van der Waals surface area contributed by atoms with Crippen molar-refractivity contribution in [3.05, 3.63) is 84.9 Å². The van der Waals surface area contributed by atoms with Crippen LogP contribution in [0.2, 0.25) is 0 Å². The summed E-state index contributed by atoms with van der Waals surface area (Å²) in [7, 11) is -3.84. The SMILES string of the molecule is O=C(Nc1ccc(NS(=O)(=O)c2ccc3c(c2)OCCCO3)cc1)c1ccc(-n2cncn2)cc1. The van der Waals surface area contributed by atoms with Crippen molar-refractivity contribution in [3.63, 3.8) is 0 Å². The van der Waals surface area contributed by atoms with Gasteiger partial charge in [0.2, 0.25) is 0 Å². The first kappa shape index (κ1) is 22.4. The number of nitrogens with one attached hydrogen (secondary N) is 2. The molecule has 35 heavy (non-hydrogen) atoms. The normalized spacial score (nSPS) is 13.0. The van der Waals surface area contributed by atoms with E-state index in [2.05, 4.69) is 20.1 Å². The molecule has 5 rings (SSSR count). The lowest BCUT2D eigenvalue weighted by Crippen LogP contribution is -2.14. The molecule has 0 saturated carbocycles. The van der Waals surface area contributed by atoms with Crippen LogP contribution in [0.15, 0.2) is 84.3 Å². The predicted molar refractivity (Wildman–Crippen MR) is 129 cm³/mol. The highest BCUT2D eigenvalue weighted by atomic mass is 32.2. The number of fused-ring (bicyclic) bond motifs is 1. The van der Waals surface area contributed by atoms with E-state index >= 15 is 0 Å². The van der Waals surface area contributed by atoms with E-state index in [1.807, 2.05) is 0 Å². The van der Waals surface area contributed by atoms with Crippen LogP contribution in [0.1, 0.15) is 16.8 Å². The van der Waals surface area contributed by atoms with Gasteiger partial charge in [0.15, 0.2) is 11.5 Å². The molecule has 0 aliphatic carbocycles. The summed E-state index contributed by atoms with van der Waals surface area (Å²) in [5, 5.41) is 6.84. The van der Waals surface area contributed by atoms with Crippen LogP contribution in [0, 0.1) is 0 Å². The number of amides is 1. The van der Waals surface area contributed by atoms with Gasteiger partial charge in [-0.1, -0.05) is 0 Å². The Morgan fingerprint density at radius 3 is 2.31 bits per heavy atom. The van der Waals surface area contributed by atoms with Gasteiger partial charge < -0.3 is 14.8 Å². The second kappa shape index (κ2) is 9.47. The maximum Gasteiger partial charge on any atom is 0.262 e. The van der Waals surface area contributed by atoms with Gasteiger partial charge in [-0.05, 0) is 60.7 Å². The van der Waals surface area contributed by atoms with Gasteiger partial charge in [0.1, 0.15) is 12.7 Å². The number of rotatable bonds is 6. The van der Waals surface area contributed by atoms with Crippen molar-refractivity contribution in [2.24, 2.45) is 0 Å². The van der Waals surface area contributed by atoms with E-state index in [-0.39, 0.29) is 10.8 Å². The molecule has 178 valence electrons. The zero-order valence-electron chi connectivity index (χ0n) is 18.4. The lowest BCUT2D eigenvalue weighted by Gasteiger charge is -2.12. The molecule has 0 saturated heterocycles. The van der Waals surface area contributed by atoms with Crippen LogP contribution in [0.3, 0.4) is 0 Å². The van der Waals surface area contributed by atoms with E-state index in [9.17, 15) is 13.2 Å². The van der Waals surface area contributed by atoms with Gasteiger partial charge in [-0.15, -0.1) is 0 Å². The number of carbonyl (C=O) groups excluding carboxylic acids is 1. The number of hydrogen-bond donors (Lipinski definition) is 2. The lowest BCUT2D eigenvalue weighted by atomic mass is 10.2. The first-order valence-corrected chi connectivity index (χ1v) is 12.3. The molecule has 10 nitrogen and oxygen atoms in total. The summed E-state index contributed by atoms with van der Waals surface area (Å²) in [6.45, 7) is 0.984. The van der Waals surface area contributed by atoms with Crippen molar-refractivity contribution in [3.8, 4) is 17.2 Å². The number of benzene rings is 3. The monoisotopic (exact) mass is 491 g/mol. The van der Waals surface area contributed by atoms with Crippen molar-refractivity contribution >= 4 is 27.3 Å². The fourth-order valence-corrected chi connectivity index (χ4v) is 4.53. The first-order chi connectivity index (χ1) is 17.0. The fraction of sp³-hybridized carbons (Fsp3) is 0.125. The third-order valence-corrected chi connectivity index (χ3v) is 6.62. The summed E-state index contributed by atoms with van der Waals surface area (Å²) in [6.07, 6.45) is 3.73. The van der Waals surface area contributed by atoms with Crippen LogP contribution in [0.4, 0.5) is 11.4 Å². The molecule has 0 fully saturated rings. The molecule has 0 atom stereocenters. The molecule has 11 heteroatoms. The number of anilines is 2. The van der Waals surface area contributed by atoms with Crippen LogP contribution < -0.4 is 19.5 Å². The molecule has 0 radical (unpaired) electrons. The third kappa shape index (κ3) is 5.09. The average molecular weight is 492 g/mol. The summed E-state index contributed by atoms with van der Waals surface area (Å²) in [6, 6.07) is 17.8. The summed E-state index contributed by atoms with van der Waals surface area (Å²) < 4.78 is 41.0. The summed E-state index contributed by atoms with van der Waals surface area (Å²) >= 11 is 0. The van der Waals surface area contributed by atoms with E-state index in [1.54, 1.807) is 65.6 Å². The van der Waals surface area contributed by atoms with Crippen LogP contribution in [-0.2, 0) is 10.0 Å². The van der Waals surface area contributed by atoms with E-state index in [1.165, 1.54) is 18.5 Å². The molecule has 1 aliphatic heterocycles. The third-order valence-electron chi connectivity index (χ3n) is 5.24. The van der Waals surface area contributed by atoms with Gasteiger partial charge in [-0.2, -0.15) is 5.10 Å². The highest BCUT2D eigenvalue weighted by Gasteiger charge is 2.19. The van der Waals surface area contributed by atoms with E-state index in [0.29, 0.717) is 41.7 Å². The van der Waals surface area contributed by atoms with Gasteiger partial charge >= 0.3 is 0 Å². The van der Waals surface area contributed by atoms with Crippen molar-refractivity contribution in [2.75, 3.05) is 23.3 Å². The Kier molecular flexibility index (Phi) is 6.06. The lowest BCUT2D eigenvalue weighted by molar-refractivity contribution is 0.102. The van der Waals surface area contributed by atoms with Crippen molar-refractivity contribution < 1.29 is 22.7 Å². The van der Waals surface area contributed by atoms with Crippen molar-refractivity contribution in [1.82, 2.24) is 14.8 Å². The number of aromatic nitrogens is 3. The van der Waals surface area contributed by atoms with Crippen LogP contribution in [-0.4, -0.2) is 42.3 Å². The van der Waals surface area contributed by atoms with Gasteiger partial charge in [0.05, 0.1) is 23.8 Å². The number of carbonyl (C=O) groups is 1. The van der Waals surface area contributed by atoms with Crippen LogP contribution in [0.5, 0.6) is 11.5 Å². The molecule has 1 aromatic heterocycles. The molecule has 3 aromatic carbocycles. The molecule has 2 heterocycles. The zero-order chi connectivity index (χ0) is 24.3. The van der Waals surface area contributed by atoms with E-state index < -0.39 is 10.0 Å². The number of sulfonamides is 1. The molecular formula is C24H21N5O5S. The predicted octanol–water partition coefficient (Wildman–Crippen LogP) is 3.48. The van der Waals surface area contributed by atoms with Crippen LogP contribution >= 0.6 is 0 Å². The second-order valence-electron chi connectivity index (χ2n) is 7.68. The minimum atomic E-state index is -3.84. The fourth-order valence-electron chi connectivity index (χ4n) is 3.46. The van der Waals surface area contributed by atoms with Gasteiger partial charge in [0, 0.05) is 29.4 Å². The summed E-state index contributed by atoms with van der Waals surface area (Å²) in [5.41, 5.74) is 2.12. The molecule has 0 unspecified atom stereocenters. The largest absolute Gasteiger partial charge is 0.490 e. The van der Waals surface area contributed by atoms with Crippen molar-refractivity contribution in [2.45, 2.75) is 11.3 Å².